The van der Waals surface area contributed by atoms with Crippen molar-refractivity contribution in [2.75, 3.05) is 13.2 Å². The Balaban J connectivity index is 1.46. The van der Waals surface area contributed by atoms with Crippen molar-refractivity contribution < 1.29 is 9.53 Å². The number of amides is 1. The molecule has 0 atom stereocenters. The number of carbonyl (C=O) groups excluding carboxylic acids is 1. The molecule has 0 saturated carbocycles. The zero-order chi connectivity index (χ0) is 18.9. The number of rotatable bonds is 8. The molecule has 27 heavy (non-hydrogen) atoms. The van der Waals surface area contributed by atoms with E-state index in [0.717, 1.165) is 11.3 Å². The first-order chi connectivity index (χ1) is 13.2. The molecule has 138 valence electrons. The molecular formula is C21H21N3O3. The van der Waals surface area contributed by atoms with Gasteiger partial charge in [0.05, 0.1) is 5.69 Å². The van der Waals surface area contributed by atoms with Crippen molar-refractivity contribution in [3.05, 3.63) is 83.2 Å². The zero-order valence-corrected chi connectivity index (χ0v) is 14.9. The Hall–Kier alpha value is -3.41. The van der Waals surface area contributed by atoms with Crippen LogP contribution in [-0.4, -0.2) is 28.8 Å². The van der Waals surface area contributed by atoms with Gasteiger partial charge in [0.2, 0.25) is 0 Å². The van der Waals surface area contributed by atoms with Crippen LogP contribution in [0.1, 0.15) is 6.42 Å². The van der Waals surface area contributed by atoms with Crippen LogP contribution < -0.4 is 15.6 Å². The maximum absolute atomic E-state index is 12.0. The highest BCUT2D eigenvalue weighted by atomic mass is 16.5. The SMILES string of the molecule is O=C(COc1ccccc1)NCCCn1nc(-c2ccccc2)ccc1=O. The van der Waals surface area contributed by atoms with E-state index < -0.39 is 0 Å². The van der Waals surface area contributed by atoms with E-state index in [2.05, 4.69) is 10.4 Å². The number of para-hydroxylation sites is 1. The van der Waals surface area contributed by atoms with E-state index in [4.69, 9.17) is 4.74 Å². The molecule has 0 bridgehead atoms. The molecule has 3 rings (SSSR count). The molecule has 6 heteroatoms. The Labute approximate surface area is 157 Å². The summed E-state index contributed by atoms with van der Waals surface area (Å²) in [6.45, 7) is 0.839. The van der Waals surface area contributed by atoms with Crippen LogP contribution in [0.4, 0.5) is 0 Å². The summed E-state index contributed by atoms with van der Waals surface area (Å²) < 4.78 is 6.81. The van der Waals surface area contributed by atoms with Gasteiger partial charge >= 0.3 is 0 Å². The van der Waals surface area contributed by atoms with Crippen molar-refractivity contribution >= 4 is 5.91 Å². The Bertz CT molecular complexity index is 924. The van der Waals surface area contributed by atoms with Gasteiger partial charge in [-0.3, -0.25) is 9.59 Å². The standard InChI is InChI=1S/C21H21N3O3/c25-20(16-27-18-10-5-2-6-11-18)22-14-7-15-24-21(26)13-12-19(23-24)17-8-3-1-4-9-17/h1-6,8-13H,7,14-16H2,(H,22,25). The summed E-state index contributed by atoms with van der Waals surface area (Å²) in [5, 5.41) is 7.18. The molecule has 0 saturated heterocycles. The minimum absolute atomic E-state index is 0.0360. The van der Waals surface area contributed by atoms with Crippen LogP contribution in [0.25, 0.3) is 11.3 Å². The number of carbonyl (C=O) groups is 1. The largest absolute Gasteiger partial charge is 0.484 e. The van der Waals surface area contributed by atoms with E-state index in [1.165, 1.54) is 10.7 Å². The van der Waals surface area contributed by atoms with Gasteiger partial charge in [0.25, 0.3) is 11.5 Å². The molecule has 1 aromatic heterocycles. The Morgan fingerprint density at radius 3 is 2.41 bits per heavy atom. The predicted octanol–water partition coefficient (Wildman–Crippen LogP) is 2.50. The molecular weight excluding hydrogens is 342 g/mol. The second-order valence-electron chi connectivity index (χ2n) is 5.95. The van der Waals surface area contributed by atoms with Crippen molar-refractivity contribution in [1.29, 1.82) is 0 Å². The van der Waals surface area contributed by atoms with E-state index in [-0.39, 0.29) is 18.1 Å². The van der Waals surface area contributed by atoms with Crippen molar-refractivity contribution in [3.63, 3.8) is 0 Å². The molecule has 0 fully saturated rings. The highest BCUT2D eigenvalue weighted by Gasteiger charge is 2.05. The first-order valence-electron chi connectivity index (χ1n) is 8.80. The molecule has 1 amide bonds. The topological polar surface area (TPSA) is 73.2 Å². The number of nitrogens with one attached hydrogen (secondary N) is 1. The number of hydrogen-bond donors (Lipinski definition) is 1. The summed E-state index contributed by atoms with van der Waals surface area (Å²) in [5.74, 6) is 0.457. The van der Waals surface area contributed by atoms with Crippen molar-refractivity contribution in [3.8, 4) is 17.0 Å². The molecule has 1 heterocycles. The Kier molecular flexibility index (Phi) is 6.35. The smallest absolute Gasteiger partial charge is 0.266 e. The van der Waals surface area contributed by atoms with E-state index >= 15 is 0 Å². The van der Waals surface area contributed by atoms with Crippen LogP contribution in [0.2, 0.25) is 0 Å². The van der Waals surface area contributed by atoms with Gasteiger partial charge in [0.15, 0.2) is 6.61 Å². The molecule has 0 aliphatic heterocycles. The van der Waals surface area contributed by atoms with Gasteiger partial charge in [0.1, 0.15) is 5.75 Å². The third-order valence-corrected chi connectivity index (χ3v) is 3.92. The maximum atomic E-state index is 12.0. The van der Waals surface area contributed by atoms with Crippen molar-refractivity contribution in [1.82, 2.24) is 15.1 Å². The number of nitrogens with zero attached hydrogens (tertiary/aromatic N) is 2. The lowest BCUT2D eigenvalue weighted by atomic mass is 10.1. The molecule has 0 spiro atoms. The molecule has 1 N–H and O–H groups in total. The third-order valence-electron chi connectivity index (χ3n) is 3.92. The first kappa shape index (κ1) is 18.4. The third kappa shape index (κ3) is 5.54. The summed E-state index contributed by atoms with van der Waals surface area (Å²) in [6.07, 6.45) is 0.599. The number of aryl methyl sites for hydroxylation is 1. The van der Waals surface area contributed by atoms with Gasteiger partial charge in [0, 0.05) is 24.7 Å². The van der Waals surface area contributed by atoms with Crippen molar-refractivity contribution in [2.45, 2.75) is 13.0 Å². The van der Waals surface area contributed by atoms with Gasteiger partial charge in [-0.05, 0) is 24.6 Å². The molecule has 0 aliphatic carbocycles. The van der Waals surface area contributed by atoms with Gasteiger partial charge in [-0.25, -0.2) is 4.68 Å². The maximum Gasteiger partial charge on any atom is 0.266 e. The van der Waals surface area contributed by atoms with Crippen LogP contribution in [0, 0.1) is 0 Å². The fourth-order valence-electron chi connectivity index (χ4n) is 2.55. The van der Waals surface area contributed by atoms with Gasteiger partial charge in [-0.1, -0.05) is 48.5 Å². The normalized spacial score (nSPS) is 10.4. The predicted molar refractivity (Wildman–Crippen MR) is 103 cm³/mol. The Morgan fingerprint density at radius 2 is 1.67 bits per heavy atom. The summed E-state index contributed by atoms with van der Waals surface area (Å²) in [7, 11) is 0. The summed E-state index contributed by atoms with van der Waals surface area (Å²) in [5.41, 5.74) is 1.54. The molecule has 2 aromatic carbocycles. The lowest BCUT2D eigenvalue weighted by molar-refractivity contribution is -0.123. The van der Waals surface area contributed by atoms with Crippen LogP contribution in [-0.2, 0) is 11.3 Å². The number of aromatic nitrogens is 2. The van der Waals surface area contributed by atoms with Gasteiger partial charge in [-0.15, -0.1) is 0 Å². The molecule has 0 radical (unpaired) electrons. The van der Waals surface area contributed by atoms with Crippen LogP contribution in [0.5, 0.6) is 5.75 Å². The quantitative estimate of drug-likeness (QED) is 0.624. The van der Waals surface area contributed by atoms with Crippen molar-refractivity contribution in [2.24, 2.45) is 0 Å². The van der Waals surface area contributed by atoms with E-state index in [9.17, 15) is 9.59 Å². The minimum atomic E-state index is -0.197. The lowest BCUT2D eigenvalue weighted by Gasteiger charge is -2.09. The number of benzene rings is 2. The van der Waals surface area contributed by atoms with Gasteiger partial charge < -0.3 is 10.1 Å². The lowest BCUT2D eigenvalue weighted by Crippen LogP contribution is -2.31. The van der Waals surface area contributed by atoms with E-state index in [0.29, 0.717) is 25.3 Å². The van der Waals surface area contributed by atoms with Crippen LogP contribution >= 0.6 is 0 Å². The molecule has 0 aliphatic rings. The molecule has 6 nitrogen and oxygen atoms in total. The average molecular weight is 363 g/mol. The average Bonchev–Trinajstić information content (AvgIpc) is 2.72. The summed E-state index contributed by atoms with van der Waals surface area (Å²) in [6, 6.07) is 22.1. The second-order valence-corrected chi connectivity index (χ2v) is 5.95. The minimum Gasteiger partial charge on any atom is -0.484 e. The van der Waals surface area contributed by atoms with E-state index in [1.807, 2.05) is 48.5 Å². The van der Waals surface area contributed by atoms with Crippen LogP contribution in [0.3, 0.4) is 0 Å². The molecule has 0 unspecified atom stereocenters. The number of hydrogen-bond acceptors (Lipinski definition) is 4. The van der Waals surface area contributed by atoms with Gasteiger partial charge in [-0.2, -0.15) is 5.10 Å². The summed E-state index contributed by atoms with van der Waals surface area (Å²) in [4.78, 5) is 23.8. The highest BCUT2D eigenvalue weighted by molar-refractivity contribution is 5.77. The highest BCUT2D eigenvalue weighted by Crippen LogP contribution is 2.14. The van der Waals surface area contributed by atoms with Crippen LogP contribution in [0.15, 0.2) is 77.6 Å². The fourth-order valence-corrected chi connectivity index (χ4v) is 2.55. The zero-order valence-electron chi connectivity index (χ0n) is 14.9. The Morgan fingerprint density at radius 1 is 0.963 bits per heavy atom. The monoisotopic (exact) mass is 363 g/mol. The molecule has 3 aromatic rings. The fraction of sp³-hybridized carbons (Fsp3) is 0.190. The second kappa shape index (κ2) is 9.33. The first-order valence-corrected chi connectivity index (χ1v) is 8.80. The summed E-state index contributed by atoms with van der Waals surface area (Å²) >= 11 is 0. The van der Waals surface area contributed by atoms with E-state index in [1.54, 1.807) is 18.2 Å². The number of ether oxygens (including phenoxy) is 1.